The fraction of sp³-hybridized carbons (Fsp3) is 0.235. The van der Waals surface area contributed by atoms with Crippen LogP contribution in [-0.4, -0.2) is 16.1 Å². The molecule has 0 aliphatic carbocycles. The second kappa shape index (κ2) is 7.29. The summed E-state index contributed by atoms with van der Waals surface area (Å²) in [7, 11) is 0. The molecular formula is C17H15Cl2N3O3. The average Bonchev–Trinajstić information content (AvgIpc) is 3.03. The van der Waals surface area contributed by atoms with Gasteiger partial charge in [0.2, 0.25) is 0 Å². The molecule has 1 aliphatic rings. The summed E-state index contributed by atoms with van der Waals surface area (Å²) in [6, 6.07) is 9.18. The number of carbonyl (C=O) groups is 1. The summed E-state index contributed by atoms with van der Waals surface area (Å²) in [5.74, 6) is -0.663. The number of aryl methyl sites for hydroxylation is 1. The van der Waals surface area contributed by atoms with Crippen molar-refractivity contribution < 1.29 is 14.4 Å². The van der Waals surface area contributed by atoms with E-state index < -0.39 is 12.1 Å². The highest BCUT2D eigenvalue weighted by molar-refractivity contribution is 6.65. The number of anilines is 1. The summed E-state index contributed by atoms with van der Waals surface area (Å²) in [6.45, 7) is 2.09. The van der Waals surface area contributed by atoms with Gasteiger partial charge in [0, 0.05) is 6.42 Å². The molecule has 8 heteroatoms. The van der Waals surface area contributed by atoms with Gasteiger partial charge in [0.15, 0.2) is 11.8 Å². The minimum absolute atomic E-state index is 0.0441. The van der Waals surface area contributed by atoms with E-state index in [-0.39, 0.29) is 23.0 Å². The van der Waals surface area contributed by atoms with E-state index in [0.29, 0.717) is 17.3 Å². The Balaban J connectivity index is 1.77. The molecule has 1 aromatic carbocycles. The van der Waals surface area contributed by atoms with Gasteiger partial charge in [0.1, 0.15) is 11.8 Å². The van der Waals surface area contributed by atoms with E-state index in [0.717, 1.165) is 11.1 Å². The minimum Gasteiger partial charge on any atom is -0.456 e. The standard InChI is InChI=1S/C17H15Cl2N3O3/c1-9-2-4-10(5-3-9)8-24-17(23)16-15(19)11(20)6-12(21-16)13-7-14(18)22-25-13/h2-6,13H,7-8H2,1H3,(H2,20,21). The molecule has 6 nitrogen and oxygen atoms in total. The molecule has 0 fully saturated rings. The Labute approximate surface area is 154 Å². The zero-order chi connectivity index (χ0) is 18.0. The molecule has 0 radical (unpaired) electrons. The van der Waals surface area contributed by atoms with Gasteiger partial charge < -0.3 is 15.3 Å². The normalized spacial score (nSPS) is 16.3. The highest BCUT2D eigenvalue weighted by Crippen LogP contribution is 2.32. The summed E-state index contributed by atoms with van der Waals surface area (Å²) < 4.78 is 5.29. The van der Waals surface area contributed by atoms with Gasteiger partial charge in [-0.2, -0.15) is 0 Å². The van der Waals surface area contributed by atoms with Gasteiger partial charge in [0.05, 0.1) is 16.4 Å². The number of nitrogen functional groups attached to an aromatic ring is 1. The van der Waals surface area contributed by atoms with Crippen molar-refractivity contribution in [3.05, 3.63) is 57.9 Å². The Morgan fingerprint density at radius 1 is 1.36 bits per heavy atom. The maximum atomic E-state index is 12.4. The van der Waals surface area contributed by atoms with Crippen molar-refractivity contribution >= 4 is 40.0 Å². The Kier molecular flexibility index (Phi) is 5.11. The van der Waals surface area contributed by atoms with E-state index in [1.165, 1.54) is 6.07 Å². The second-order valence-corrected chi connectivity index (χ2v) is 6.44. The third-order valence-electron chi connectivity index (χ3n) is 3.65. The SMILES string of the molecule is Cc1ccc(COC(=O)c2nc(C3CC(Cl)=NO3)cc(N)c2Cl)cc1. The first-order chi connectivity index (χ1) is 11.9. The molecule has 3 rings (SSSR count). The lowest BCUT2D eigenvalue weighted by Crippen LogP contribution is -2.13. The van der Waals surface area contributed by atoms with Crippen molar-refractivity contribution in [2.45, 2.75) is 26.1 Å². The number of halogens is 2. The number of aromatic nitrogens is 1. The molecule has 1 aliphatic heterocycles. The molecule has 1 aromatic heterocycles. The number of benzene rings is 1. The average molecular weight is 380 g/mol. The van der Waals surface area contributed by atoms with Crippen molar-refractivity contribution in [3.8, 4) is 0 Å². The lowest BCUT2D eigenvalue weighted by Gasteiger charge is -2.12. The van der Waals surface area contributed by atoms with E-state index in [2.05, 4.69) is 10.1 Å². The first kappa shape index (κ1) is 17.5. The molecule has 1 unspecified atom stereocenters. The van der Waals surface area contributed by atoms with Crippen LogP contribution in [0.5, 0.6) is 0 Å². The van der Waals surface area contributed by atoms with Gasteiger partial charge in [-0.05, 0) is 18.6 Å². The number of carbonyl (C=O) groups excluding carboxylic acids is 1. The van der Waals surface area contributed by atoms with Crippen LogP contribution in [0.3, 0.4) is 0 Å². The van der Waals surface area contributed by atoms with Crippen LogP contribution in [0.4, 0.5) is 5.69 Å². The molecule has 1 atom stereocenters. The van der Waals surface area contributed by atoms with Gasteiger partial charge in [0.25, 0.3) is 0 Å². The monoisotopic (exact) mass is 379 g/mol. The molecule has 0 bridgehead atoms. The molecule has 25 heavy (non-hydrogen) atoms. The maximum absolute atomic E-state index is 12.4. The van der Waals surface area contributed by atoms with Crippen LogP contribution in [0.15, 0.2) is 35.5 Å². The Hall–Kier alpha value is -2.31. The van der Waals surface area contributed by atoms with Crippen molar-refractivity contribution in [2.75, 3.05) is 5.73 Å². The summed E-state index contributed by atoms with van der Waals surface area (Å²) in [4.78, 5) is 21.8. The van der Waals surface area contributed by atoms with Gasteiger partial charge >= 0.3 is 5.97 Å². The third kappa shape index (κ3) is 4.03. The Morgan fingerprint density at radius 3 is 2.72 bits per heavy atom. The van der Waals surface area contributed by atoms with Crippen molar-refractivity contribution in [3.63, 3.8) is 0 Å². The molecule has 0 amide bonds. The molecule has 2 aromatic rings. The fourth-order valence-corrected chi connectivity index (χ4v) is 2.63. The number of hydrogen-bond acceptors (Lipinski definition) is 6. The van der Waals surface area contributed by atoms with E-state index in [1.54, 1.807) is 0 Å². The Morgan fingerprint density at radius 2 is 2.08 bits per heavy atom. The molecule has 130 valence electrons. The first-order valence-corrected chi connectivity index (χ1v) is 8.26. The van der Waals surface area contributed by atoms with E-state index >= 15 is 0 Å². The number of nitrogens with zero attached hydrogens (tertiary/aromatic N) is 2. The first-order valence-electron chi connectivity index (χ1n) is 7.51. The van der Waals surface area contributed by atoms with Crippen LogP contribution < -0.4 is 5.73 Å². The fourth-order valence-electron chi connectivity index (χ4n) is 2.28. The maximum Gasteiger partial charge on any atom is 0.358 e. The highest BCUT2D eigenvalue weighted by atomic mass is 35.5. The van der Waals surface area contributed by atoms with Crippen LogP contribution in [0, 0.1) is 6.92 Å². The smallest absolute Gasteiger partial charge is 0.358 e. The number of esters is 1. The molecule has 2 N–H and O–H groups in total. The van der Waals surface area contributed by atoms with Gasteiger partial charge in [-0.1, -0.05) is 58.2 Å². The van der Waals surface area contributed by atoms with Crippen molar-refractivity contribution in [1.29, 1.82) is 0 Å². The molecular weight excluding hydrogens is 365 g/mol. The number of nitrogens with two attached hydrogens (primary N) is 1. The lowest BCUT2D eigenvalue weighted by atomic mass is 10.1. The van der Waals surface area contributed by atoms with Gasteiger partial charge in [-0.15, -0.1) is 0 Å². The summed E-state index contributed by atoms with van der Waals surface area (Å²) in [6.07, 6.45) is -0.149. The molecule has 0 saturated heterocycles. The number of oxime groups is 1. The largest absolute Gasteiger partial charge is 0.456 e. The molecule has 2 heterocycles. The highest BCUT2D eigenvalue weighted by Gasteiger charge is 2.26. The van der Waals surface area contributed by atoms with Crippen LogP contribution in [0.25, 0.3) is 0 Å². The minimum atomic E-state index is -0.663. The topological polar surface area (TPSA) is 86.8 Å². The van der Waals surface area contributed by atoms with Crippen molar-refractivity contribution in [2.24, 2.45) is 5.16 Å². The number of pyridine rings is 1. The summed E-state index contributed by atoms with van der Waals surface area (Å²) in [5.41, 5.74) is 8.43. The van der Waals surface area contributed by atoms with E-state index in [1.807, 2.05) is 31.2 Å². The second-order valence-electron chi connectivity index (χ2n) is 5.63. The number of ether oxygens (including phenoxy) is 1. The van der Waals surface area contributed by atoms with E-state index in [4.69, 9.17) is 38.5 Å². The molecule has 0 saturated carbocycles. The van der Waals surface area contributed by atoms with Gasteiger partial charge in [-0.3, -0.25) is 0 Å². The summed E-state index contributed by atoms with van der Waals surface area (Å²) in [5, 5.41) is 4.02. The number of rotatable bonds is 4. The zero-order valence-corrected chi connectivity index (χ0v) is 14.8. The predicted octanol–water partition coefficient (Wildman–Crippen LogP) is 4.00. The Bertz CT molecular complexity index is 838. The van der Waals surface area contributed by atoms with Crippen LogP contribution in [-0.2, 0) is 16.2 Å². The van der Waals surface area contributed by atoms with Crippen molar-refractivity contribution in [1.82, 2.24) is 4.98 Å². The van der Waals surface area contributed by atoms with E-state index in [9.17, 15) is 4.79 Å². The van der Waals surface area contributed by atoms with Crippen LogP contribution >= 0.6 is 23.2 Å². The lowest BCUT2D eigenvalue weighted by molar-refractivity contribution is 0.0462. The third-order valence-corrected chi connectivity index (χ3v) is 4.27. The summed E-state index contributed by atoms with van der Waals surface area (Å²) >= 11 is 11.9. The molecule has 0 spiro atoms. The van der Waals surface area contributed by atoms with Crippen LogP contribution in [0.2, 0.25) is 5.02 Å². The quantitative estimate of drug-likeness (QED) is 0.811. The zero-order valence-electron chi connectivity index (χ0n) is 13.3. The van der Waals surface area contributed by atoms with Gasteiger partial charge in [-0.25, -0.2) is 9.78 Å². The number of hydrogen-bond donors (Lipinski definition) is 1. The predicted molar refractivity (Wildman–Crippen MR) is 95.7 cm³/mol. The van der Waals surface area contributed by atoms with Crippen LogP contribution in [0.1, 0.15) is 39.8 Å².